The lowest BCUT2D eigenvalue weighted by molar-refractivity contribution is -0.291. The van der Waals surface area contributed by atoms with Crippen molar-refractivity contribution in [3.8, 4) is 22.6 Å². The topological polar surface area (TPSA) is 220 Å². The maximum Gasteiger partial charge on any atom is 0.200 e. The number of hydrogen-bond acceptors (Lipinski definition) is 13. The number of phenols is 2. The highest BCUT2D eigenvalue weighted by Crippen LogP contribution is 2.41. The van der Waals surface area contributed by atoms with Crippen LogP contribution in [-0.4, -0.2) is 103 Å². The summed E-state index contributed by atoms with van der Waals surface area (Å²) in [4.78, 5) is 13.3. The molecule has 0 amide bonds. The minimum absolute atomic E-state index is 0.0113. The maximum atomic E-state index is 13.3. The number of rotatable bonds is 5. The van der Waals surface area contributed by atoms with Crippen LogP contribution in [0.5, 0.6) is 11.5 Å². The van der Waals surface area contributed by atoms with Gasteiger partial charge in [-0.05, 0) is 29.8 Å². The molecule has 3 aromatic rings. The zero-order valence-electron chi connectivity index (χ0n) is 20.3. The fraction of sp³-hybridized carbons (Fsp3) is 0.423. The molecule has 2 fully saturated rings. The molecule has 0 aliphatic carbocycles. The van der Waals surface area contributed by atoms with Crippen LogP contribution >= 0.6 is 0 Å². The average molecular weight is 548 g/mol. The van der Waals surface area contributed by atoms with E-state index in [1.165, 1.54) is 36.4 Å². The molecule has 0 saturated carbocycles. The number of aromatic hydroxyl groups is 2. The number of phenolic OH excluding ortho intramolecular Hbond substituents is 2. The van der Waals surface area contributed by atoms with Crippen molar-refractivity contribution < 1.29 is 59.5 Å². The van der Waals surface area contributed by atoms with Crippen molar-refractivity contribution in [3.05, 3.63) is 58.4 Å². The Morgan fingerprint density at radius 1 is 0.846 bits per heavy atom. The maximum absolute atomic E-state index is 13.3. The van der Waals surface area contributed by atoms with E-state index in [0.717, 1.165) is 6.26 Å². The molecule has 39 heavy (non-hydrogen) atoms. The smallest absolute Gasteiger partial charge is 0.200 e. The third-order valence-corrected chi connectivity index (χ3v) is 7.01. The molecule has 2 aliphatic heterocycles. The van der Waals surface area contributed by atoms with Gasteiger partial charge >= 0.3 is 0 Å². The normalized spacial score (nSPS) is 33.3. The number of aliphatic hydroxyl groups is 6. The monoisotopic (exact) mass is 548 g/mol. The number of aliphatic hydroxyl groups excluding tert-OH is 6. The van der Waals surface area contributed by atoms with Gasteiger partial charge in [0.2, 0.25) is 5.43 Å². The summed E-state index contributed by atoms with van der Waals surface area (Å²) in [5.41, 5.74) is -0.120. The highest BCUT2D eigenvalue weighted by atomic mass is 16.7. The van der Waals surface area contributed by atoms with Crippen LogP contribution in [0.25, 0.3) is 22.1 Å². The molecule has 2 aromatic carbocycles. The fourth-order valence-corrected chi connectivity index (χ4v) is 4.77. The van der Waals surface area contributed by atoms with Crippen molar-refractivity contribution in [1.82, 2.24) is 0 Å². The summed E-state index contributed by atoms with van der Waals surface area (Å²) in [6.07, 6.45) is -12.7. The second kappa shape index (κ2) is 10.8. The van der Waals surface area contributed by atoms with Crippen molar-refractivity contribution in [2.75, 3.05) is 13.2 Å². The molecule has 0 spiro atoms. The molecule has 5 rings (SSSR count). The second-order valence-corrected chi connectivity index (χ2v) is 9.55. The second-order valence-electron chi connectivity index (χ2n) is 9.55. The third kappa shape index (κ3) is 5.00. The molecule has 9 atom stereocenters. The number of hydrogen-bond donors (Lipinski definition) is 8. The van der Waals surface area contributed by atoms with Gasteiger partial charge < -0.3 is 59.5 Å². The Morgan fingerprint density at radius 2 is 1.56 bits per heavy atom. The minimum Gasteiger partial charge on any atom is -0.508 e. The molecule has 3 heterocycles. The van der Waals surface area contributed by atoms with Crippen molar-refractivity contribution in [3.63, 3.8) is 0 Å². The van der Waals surface area contributed by atoms with E-state index in [0.29, 0.717) is 5.56 Å². The van der Waals surface area contributed by atoms with Gasteiger partial charge in [0, 0.05) is 0 Å². The first kappa shape index (κ1) is 27.5. The van der Waals surface area contributed by atoms with Crippen LogP contribution in [0.2, 0.25) is 0 Å². The molecule has 2 saturated heterocycles. The predicted molar refractivity (Wildman–Crippen MR) is 131 cm³/mol. The number of benzene rings is 2. The largest absolute Gasteiger partial charge is 0.508 e. The van der Waals surface area contributed by atoms with Gasteiger partial charge in [-0.25, -0.2) is 0 Å². The summed E-state index contributed by atoms with van der Waals surface area (Å²) in [6.45, 7) is -0.817. The molecule has 13 heteroatoms. The van der Waals surface area contributed by atoms with E-state index in [9.17, 15) is 45.6 Å². The molecule has 8 N–H and O–H groups in total. The Labute approximate surface area is 220 Å². The summed E-state index contributed by atoms with van der Waals surface area (Å²) in [5, 5.41) is 81.6. The van der Waals surface area contributed by atoms with Crippen LogP contribution < -0.4 is 5.43 Å². The van der Waals surface area contributed by atoms with Gasteiger partial charge in [-0.1, -0.05) is 12.1 Å². The van der Waals surface area contributed by atoms with Crippen LogP contribution in [0.1, 0.15) is 11.7 Å². The van der Waals surface area contributed by atoms with Crippen LogP contribution in [0, 0.1) is 0 Å². The van der Waals surface area contributed by atoms with E-state index in [-0.39, 0.29) is 34.5 Å². The van der Waals surface area contributed by atoms with E-state index in [1.807, 2.05) is 0 Å². The quantitative estimate of drug-likeness (QED) is 0.189. The van der Waals surface area contributed by atoms with Crippen LogP contribution in [0.15, 0.2) is 51.9 Å². The SMILES string of the molecule is O=c1c(-c2ccc(O)cc2)coc2c([C@@H]3O[C@H](CO[C@@H]4OC[C@@H](O)[C@H](O)[C@H]4O)[C@@H](O)[C@H](O)[C@H]3O)c(O)ccc12. The average Bonchev–Trinajstić information content (AvgIpc) is 2.92. The lowest BCUT2D eigenvalue weighted by Gasteiger charge is -2.42. The van der Waals surface area contributed by atoms with Crippen molar-refractivity contribution in [2.45, 2.75) is 55.1 Å². The molecule has 210 valence electrons. The molecule has 2 aliphatic rings. The van der Waals surface area contributed by atoms with Crippen molar-refractivity contribution in [2.24, 2.45) is 0 Å². The van der Waals surface area contributed by atoms with E-state index >= 15 is 0 Å². The van der Waals surface area contributed by atoms with Crippen LogP contribution in [-0.2, 0) is 14.2 Å². The Balaban J connectivity index is 1.45. The minimum atomic E-state index is -1.78. The van der Waals surface area contributed by atoms with Gasteiger partial charge in [-0.15, -0.1) is 0 Å². The zero-order chi connectivity index (χ0) is 28.0. The van der Waals surface area contributed by atoms with Crippen LogP contribution in [0.4, 0.5) is 0 Å². The highest BCUT2D eigenvalue weighted by Gasteiger charge is 2.47. The zero-order valence-corrected chi connectivity index (χ0v) is 20.3. The highest BCUT2D eigenvalue weighted by molar-refractivity contribution is 5.86. The van der Waals surface area contributed by atoms with Crippen LogP contribution in [0.3, 0.4) is 0 Å². The first-order valence-corrected chi connectivity index (χ1v) is 12.1. The standard InChI is InChI=1S/C26H28O13/c27-11-3-1-10(2-4-11)13-7-36-24-12(18(13)30)5-6-14(28)17(24)25-22(34)21(33)20(32)16(39-25)9-38-26-23(35)19(31)15(29)8-37-26/h1-7,15-16,19-23,25-29,31-35H,8-9H2/t15-,16-,19+,20-,21+,22-,23-,25+,26+/m1/s1. The molecule has 0 unspecified atom stereocenters. The summed E-state index contributed by atoms with van der Waals surface area (Å²) in [6, 6.07) is 8.39. The summed E-state index contributed by atoms with van der Waals surface area (Å²) in [5.74, 6) is -0.407. The Bertz CT molecular complexity index is 1370. The van der Waals surface area contributed by atoms with E-state index in [1.54, 1.807) is 0 Å². The molecule has 0 bridgehead atoms. The summed E-state index contributed by atoms with van der Waals surface area (Å²) < 4.78 is 22.1. The molecular formula is C26H28O13. The van der Waals surface area contributed by atoms with Gasteiger partial charge in [-0.2, -0.15) is 0 Å². The van der Waals surface area contributed by atoms with Crippen molar-refractivity contribution >= 4 is 11.0 Å². The van der Waals surface area contributed by atoms with Gasteiger partial charge in [0.1, 0.15) is 72.2 Å². The fourth-order valence-electron chi connectivity index (χ4n) is 4.77. The van der Waals surface area contributed by atoms with E-state index < -0.39 is 72.9 Å². The van der Waals surface area contributed by atoms with Gasteiger partial charge in [0.15, 0.2) is 6.29 Å². The number of fused-ring (bicyclic) bond motifs is 1. The molecule has 13 nitrogen and oxygen atoms in total. The summed E-state index contributed by atoms with van der Waals surface area (Å²) in [7, 11) is 0. The Morgan fingerprint density at radius 3 is 2.28 bits per heavy atom. The Kier molecular flexibility index (Phi) is 7.61. The first-order valence-electron chi connectivity index (χ1n) is 12.1. The lowest BCUT2D eigenvalue weighted by Crippen LogP contribution is -2.57. The van der Waals surface area contributed by atoms with E-state index in [4.69, 9.17) is 18.6 Å². The summed E-state index contributed by atoms with van der Waals surface area (Å²) >= 11 is 0. The predicted octanol–water partition coefficient (Wildman–Crippen LogP) is -1.15. The van der Waals surface area contributed by atoms with Gasteiger partial charge in [0.25, 0.3) is 0 Å². The van der Waals surface area contributed by atoms with Gasteiger partial charge in [-0.3, -0.25) is 4.79 Å². The van der Waals surface area contributed by atoms with E-state index in [2.05, 4.69) is 0 Å². The molecule has 0 radical (unpaired) electrons. The third-order valence-electron chi connectivity index (χ3n) is 7.01. The Hall–Kier alpha value is -3.11. The van der Waals surface area contributed by atoms with Gasteiger partial charge in [0.05, 0.1) is 29.7 Å². The van der Waals surface area contributed by atoms with Crippen molar-refractivity contribution in [1.29, 1.82) is 0 Å². The molecular weight excluding hydrogens is 520 g/mol. The lowest BCUT2D eigenvalue weighted by atomic mass is 9.89. The molecule has 1 aromatic heterocycles. The first-order chi connectivity index (χ1) is 18.6. The number of ether oxygens (including phenoxy) is 3.